The molecule has 0 aliphatic carbocycles. The van der Waals surface area contributed by atoms with Gasteiger partial charge in [0.15, 0.2) is 0 Å². The van der Waals surface area contributed by atoms with Crippen molar-refractivity contribution in [2.45, 2.75) is 13.3 Å². The van der Waals surface area contributed by atoms with Crippen molar-refractivity contribution in [1.29, 1.82) is 0 Å². The molecule has 1 rings (SSSR count). The number of anilines is 1. The maximum Gasteiger partial charge on any atom is 0.234 e. The summed E-state index contributed by atoms with van der Waals surface area (Å²) in [5, 5.41) is 3.35. The summed E-state index contributed by atoms with van der Waals surface area (Å²) in [5.41, 5.74) is 6.15. The lowest BCUT2D eigenvalue weighted by Gasteiger charge is -2.14. The third-order valence-electron chi connectivity index (χ3n) is 2.26. The lowest BCUT2D eigenvalue weighted by molar-refractivity contribution is -0.118. The quantitative estimate of drug-likeness (QED) is 0.830. The molecule has 3 N–H and O–H groups in total. The molecule has 0 saturated heterocycles. The smallest absolute Gasteiger partial charge is 0.234 e. The molecular weight excluding hydrogens is 324 g/mol. The van der Waals surface area contributed by atoms with Crippen LogP contribution in [0.5, 0.6) is 0 Å². The lowest BCUT2D eigenvalue weighted by atomic mass is 10.1. The van der Waals surface area contributed by atoms with Gasteiger partial charge in [-0.2, -0.15) is 0 Å². The summed E-state index contributed by atoms with van der Waals surface area (Å²) in [6.07, 6.45) is 0.576. The van der Waals surface area contributed by atoms with Gasteiger partial charge in [0.2, 0.25) is 5.91 Å². The van der Waals surface area contributed by atoms with Gasteiger partial charge in [0, 0.05) is 9.50 Å². The van der Waals surface area contributed by atoms with Gasteiger partial charge >= 0.3 is 0 Å². The maximum atomic E-state index is 11.9. The molecule has 0 aliphatic rings. The Bertz CT molecular complexity index is 453. The Labute approximate surface area is 119 Å². The van der Waals surface area contributed by atoms with Crippen LogP contribution in [0.15, 0.2) is 22.7 Å². The van der Waals surface area contributed by atoms with E-state index in [1.807, 2.05) is 6.92 Å². The van der Waals surface area contributed by atoms with Gasteiger partial charge in [0.1, 0.15) is 0 Å². The average Bonchev–Trinajstić information content (AvgIpc) is 2.22. The van der Waals surface area contributed by atoms with Gasteiger partial charge in [-0.15, -0.1) is 0 Å². The maximum absolute atomic E-state index is 11.9. The SMILES string of the molecule is CCC(C(=O)Nc1ccc(Cl)cc1Br)C(N)=S. The van der Waals surface area contributed by atoms with Crippen molar-refractivity contribution in [2.75, 3.05) is 5.32 Å². The number of carbonyl (C=O) groups excluding carboxylic acids is 1. The number of hydrogen-bond donors (Lipinski definition) is 2. The summed E-state index contributed by atoms with van der Waals surface area (Å²) in [7, 11) is 0. The fourth-order valence-corrected chi connectivity index (χ4v) is 2.38. The van der Waals surface area contributed by atoms with Gasteiger partial charge in [-0.3, -0.25) is 4.79 Å². The molecule has 0 radical (unpaired) electrons. The normalized spacial score (nSPS) is 11.9. The largest absolute Gasteiger partial charge is 0.393 e. The summed E-state index contributed by atoms with van der Waals surface area (Å²) in [6, 6.07) is 5.12. The Morgan fingerprint density at radius 2 is 2.29 bits per heavy atom. The highest BCUT2D eigenvalue weighted by molar-refractivity contribution is 9.10. The van der Waals surface area contributed by atoms with Crippen LogP contribution < -0.4 is 11.1 Å². The first-order chi connectivity index (χ1) is 7.95. The van der Waals surface area contributed by atoms with Crippen molar-refractivity contribution in [3.63, 3.8) is 0 Å². The minimum atomic E-state index is -0.451. The van der Waals surface area contributed by atoms with Gasteiger partial charge < -0.3 is 11.1 Å². The zero-order valence-electron chi connectivity index (χ0n) is 9.17. The Balaban J connectivity index is 2.84. The number of halogens is 2. The highest BCUT2D eigenvalue weighted by Gasteiger charge is 2.19. The van der Waals surface area contributed by atoms with Crippen LogP contribution in [0.25, 0.3) is 0 Å². The second-order valence-corrected chi connectivity index (χ2v) is 5.24. The molecule has 0 aromatic heterocycles. The molecule has 0 saturated carbocycles. The van der Waals surface area contributed by atoms with E-state index in [1.165, 1.54) is 0 Å². The average molecular weight is 336 g/mol. The Kier molecular flexibility index (Phi) is 5.36. The van der Waals surface area contributed by atoms with E-state index in [9.17, 15) is 4.79 Å². The zero-order valence-corrected chi connectivity index (χ0v) is 12.3. The highest BCUT2D eigenvalue weighted by atomic mass is 79.9. The van der Waals surface area contributed by atoms with E-state index in [2.05, 4.69) is 21.2 Å². The first kappa shape index (κ1) is 14.4. The van der Waals surface area contributed by atoms with E-state index < -0.39 is 5.92 Å². The fourth-order valence-electron chi connectivity index (χ4n) is 1.33. The van der Waals surface area contributed by atoms with Gasteiger partial charge in [-0.05, 0) is 40.5 Å². The molecule has 1 amide bonds. The zero-order chi connectivity index (χ0) is 13.0. The summed E-state index contributed by atoms with van der Waals surface area (Å²) in [4.78, 5) is 12.1. The van der Waals surface area contributed by atoms with Crippen LogP contribution in [0.3, 0.4) is 0 Å². The first-order valence-corrected chi connectivity index (χ1v) is 6.58. The van der Waals surface area contributed by atoms with E-state index >= 15 is 0 Å². The van der Waals surface area contributed by atoms with Crippen molar-refractivity contribution >= 4 is 56.3 Å². The molecule has 3 nitrogen and oxygen atoms in total. The third kappa shape index (κ3) is 3.94. The Morgan fingerprint density at radius 1 is 1.65 bits per heavy atom. The second-order valence-electron chi connectivity index (χ2n) is 3.48. The predicted octanol–water partition coefficient (Wildman–Crippen LogP) is 3.35. The number of amides is 1. The van der Waals surface area contributed by atoms with Crippen LogP contribution in [0.4, 0.5) is 5.69 Å². The van der Waals surface area contributed by atoms with Crippen molar-refractivity contribution in [2.24, 2.45) is 11.7 Å². The predicted molar refractivity (Wildman–Crippen MR) is 78.3 cm³/mol. The molecule has 0 bridgehead atoms. The van der Waals surface area contributed by atoms with Crippen LogP contribution in [-0.4, -0.2) is 10.9 Å². The molecule has 1 aromatic rings. The summed E-state index contributed by atoms with van der Waals surface area (Å²) >= 11 is 14.0. The summed E-state index contributed by atoms with van der Waals surface area (Å²) < 4.78 is 0.719. The second kappa shape index (κ2) is 6.33. The fraction of sp³-hybridized carbons (Fsp3) is 0.273. The van der Waals surface area contributed by atoms with Crippen LogP contribution in [-0.2, 0) is 4.79 Å². The third-order valence-corrected chi connectivity index (χ3v) is 3.43. The van der Waals surface area contributed by atoms with Crippen molar-refractivity contribution in [3.8, 4) is 0 Å². The van der Waals surface area contributed by atoms with Crippen LogP contribution in [0.1, 0.15) is 13.3 Å². The number of rotatable bonds is 4. The van der Waals surface area contributed by atoms with E-state index in [-0.39, 0.29) is 10.9 Å². The summed E-state index contributed by atoms with van der Waals surface area (Å²) in [6.45, 7) is 1.86. The van der Waals surface area contributed by atoms with Crippen molar-refractivity contribution in [3.05, 3.63) is 27.7 Å². The lowest BCUT2D eigenvalue weighted by Crippen LogP contribution is -2.32. The molecule has 1 atom stereocenters. The standard InChI is InChI=1S/C11H12BrClN2OS/c1-2-7(10(14)17)11(16)15-9-4-3-6(13)5-8(9)12/h3-5,7H,2H2,1H3,(H2,14,17)(H,15,16). The molecule has 0 fully saturated rings. The van der Waals surface area contributed by atoms with Crippen LogP contribution in [0, 0.1) is 5.92 Å². The van der Waals surface area contributed by atoms with Crippen molar-refractivity contribution in [1.82, 2.24) is 0 Å². The monoisotopic (exact) mass is 334 g/mol. The van der Waals surface area contributed by atoms with E-state index in [1.54, 1.807) is 18.2 Å². The molecule has 1 aromatic carbocycles. The van der Waals surface area contributed by atoms with Gasteiger partial charge in [-0.1, -0.05) is 30.7 Å². The van der Waals surface area contributed by atoms with Gasteiger partial charge in [-0.25, -0.2) is 0 Å². The number of hydrogen-bond acceptors (Lipinski definition) is 2. The molecular formula is C11H12BrClN2OS. The topological polar surface area (TPSA) is 55.1 Å². The minimum absolute atomic E-state index is 0.204. The molecule has 0 heterocycles. The van der Waals surface area contributed by atoms with E-state index in [0.717, 1.165) is 4.47 Å². The van der Waals surface area contributed by atoms with E-state index in [0.29, 0.717) is 17.1 Å². The van der Waals surface area contributed by atoms with Gasteiger partial charge in [0.05, 0.1) is 16.6 Å². The minimum Gasteiger partial charge on any atom is -0.393 e. The molecule has 0 spiro atoms. The molecule has 1 unspecified atom stereocenters. The Hall–Kier alpha value is -0.650. The van der Waals surface area contributed by atoms with E-state index in [4.69, 9.17) is 29.6 Å². The number of nitrogens with one attached hydrogen (secondary N) is 1. The number of carbonyl (C=O) groups is 1. The van der Waals surface area contributed by atoms with Crippen LogP contribution >= 0.6 is 39.7 Å². The van der Waals surface area contributed by atoms with Crippen molar-refractivity contribution < 1.29 is 4.79 Å². The number of thiocarbonyl (C=S) groups is 1. The van der Waals surface area contributed by atoms with Gasteiger partial charge in [0.25, 0.3) is 0 Å². The molecule has 6 heteroatoms. The first-order valence-electron chi connectivity index (χ1n) is 5.01. The molecule has 17 heavy (non-hydrogen) atoms. The number of nitrogens with two attached hydrogens (primary N) is 1. The molecule has 92 valence electrons. The number of benzene rings is 1. The van der Waals surface area contributed by atoms with Crippen LogP contribution in [0.2, 0.25) is 5.02 Å². The highest BCUT2D eigenvalue weighted by Crippen LogP contribution is 2.26. The summed E-state index contributed by atoms with van der Waals surface area (Å²) in [5.74, 6) is -0.657. The molecule has 0 aliphatic heterocycles. The Morgan fingerprint density at radius 3 is 2.76 bits per heavy atom.